The highest BCUT2D eigenvalue weighted by Gasteiger charge is 2.13. The molecule has 19 heavy (non-hydrogen) atoms. The summed E-state index contributed by atoms with van der Waals surface area (Å²) in [6, 6.07) is 9.75. The highest BCUT2D eigenvalue weighted by atomic mass is 19.2. The summed E-state index contributed by atoms with van der Waals surface area (Å²) in [4.78, 5) is 0. The Labute approximate surface area is 110 Å². The first-order valence-corrected chi connectivity index (χ1v) is 6.08. The van der Waals surface area contributed by atoms with Gasteiger partial charge in [-0.05, 0) is 36.2 Å². The Hall–Kier alpha value is -1.97. The van der Waals surface area contributed by atoms with Gasteiger partial charge >= 0.3 is 0 Å². The highest BCUT2D eigenvalue weighted by molar-refractivity contribution is 5.47. The zero-order valence-corrected chi connectivity index (χ0v) is 10.5. The van der Waals surface area contributed by atoms with Gasteiger partial charge in [0.2, 0.25) is 0 Å². The Kier molecular flexibility index (Phi) is 4.10. The van der Waals surface area contributed by atoms with Gasteiger partial charge in [0.05, 0.1) is 11.7 Å². The summed E-state index contributed by atoms with van der Waals surface area (Å²) in [5.41, 5.74) is 0.934. The zero-order valence-electron chi connectivity index (χ0n) is 10.5. The standard InChI is InChI=1S/C15H14F3N/c1-2-13(10-6-8-11(16)9-7-10)19-14-5-3-4-12(17)15(14)18/h3-9,13,19H,2H2,1H3. The summed E-state index contributed by atoms with van der Waals surface area (Å²) in [5, 5.41) is 2.94. The van der Waals surface area contributed by atoms with Gasteiger partial charge in [-0.2, -0.15) is 0 Å². The van der Waals surface area contributed by atoms with Crippen LogP contribution in [-0.2, 0) is 0 Å². The van der Waals surface area contributed by atoms with E-state index in [2.05, 4.69) is 5.32 Å². The van der Waals surface area contributed by atoms with Crippen LogP contribution in [0.4, 0.5) is 18.9 Å². The molecule has 2 aromatic carbocycles. The maximum Gasteiger partial charge on any atom is 0.181 e. The average Bonchev–Trinajstić information content (AvgIpc) is 2.42. The molecule has 1 atom stereocenters. The van der Waals surface area contributed by atoms with Crippen LogP contribution in [-0.4, -0.2) is 0 Å². The molecule has 0 saturated carbocycles. The topological polar surface area (TPSA) is 12.0 Å². The molecule has 1 nitrogen and oxygen atoms in total. The van der Waals surface area contributed by atoms with E-state index in [0.717, 1.165) is 11.6 Å². The molecule has 0 heterocycles. The van der Waals surface area contributed by atoms with Crippen LogP contribution in [0.25, 0.3) is 0 Å². The summed E-state index contributed by atoms with van der Waals surface area (Å²) >= 11 is 0. The van der Waals surface area contributed by atoms with Gasteiger partial charge in [0.25, 0.3) is 0 Å². The second kappa shape index (κ2) is 5.78. The molecule has 1 N–H and O–H groups in total. The Morgan fingerprint density at radius 2 is 1.68 bits per heavy atom. The van der Waals surface area contributed by atoms with Crippen molar-refractivity contribution in [2.75, 3.05) is 5.32 Å². The second-order valence-corrected chi connectivity index (χ2v) is 4.26. The molecule has 0 amide bonds. The Bertz CT molecular complexity index is 552. The molecule has 0 aliphatic carbocycles. The van der Waals surface area contributed by atoms with Crippen molar-refractivity contribution in [3.63, 3.8) is 0 Å². The molecular formula is C15H14F3N. The van der Waals surface area contributed by atoms with Crippen molar-refractivity contribution in [2.24, 2.45) is 0 Å². The monoisotopic (exact) mass is 265 g/mol. The van der Waals surface area contributed by atoms with Crippen LogP contribution < -0.4 is 5.32 Å². The fourth-order valence-electron chi connectivity index (χ4n) is 1.92. The number of benzene rings is 2. The molecule has 0 aliphatic heterocycles. The minimum absolute atomic E-state index is 0.108. The number of rotatable bonds is 4. The van der Waals surface area contributed by atoms with Crippen LogP contribution in [0.1, 0.15) is 24.9 Å². The van der Waals surface area contributed by atoms with Crippen LogP contribution in [0.5, 0.6) is 0 Å². The molecule has 100 valence electrons. The molecule has 4 heteroatoms. The van der Waals surface area contributed by atoms with Gasteiger partial charge in [0.1, 0.15) is 5.82 Å². The van der Waals surface area contributed by atoms with E-state index in [1.807, 2.05) is 6.92 Å². The van der Waals surface area contributed by atoms with E-state index < -0.39 is 11.6 Å². The van der Waals surface area contributed by atoms with Gasteiger partial charge < -0.3 is 5.32 Å². The van der Waals surface area contributed by atoms with Gasteiger partial charge in [-0.25, -0.2) is 13.2 Å². The van der Waals surface area contributed by atoms with Crippen molar-refractivity contribution < 1.29 is 13.2 Å². The molecule has 0 aromatic heterocycles. The van der Waals surface area contributed by atoms with E-state index in [1.165, 1.54) is 24.3 Å². The first kappa shape index (κ1) is 13.5. The molecule has 1 unspecified atom stereocenters. The normalized spacial score (nSPS) is 12.2. The average molecular weight is 265 g/mol. The van der Waals surface area contributed by atoms with Crippen LogP contribution >= 0.6 is 0 Å². The molecule has 0 bridgehead atoms. The third-order valence-electron chi connectivity index (χ3n) is 2.96. The van der Waals surface area contributed by atoms with Crippen molar-refractivity contribution in [1.82, 2.24) is 0 Å². The van der Waals surface area contributed by atoms with Crippen LogP contribution in [0, 0.1) is 17.5 Å². The predicted molar refractivity (Wildman–Crippen MR) is 69.4 cm³/mol. The lowest BCUT2D eigenvalue weighted by molar-refractivity contribution is 0.509. The maximum absolute atomic E-state index is 13.6. The lowest BCUT2D eigenvalue weighted by Gasteiger charge is -2.19. The largest absolute Gasteiger partial charge is 0.376 e. The van der Waals surface area contributed by atoms with E-state index in [4.69, 9.17) is 0 Å². The lowest BCUT2D eigenvalue weighted by Crippen LogP contribution is -2.11. The van der Waals surface area contributed by atoms with Crippen molar-refractivity contribution in [3.05, 3.63) is 65.5 Å². The minimum atomic E-state index is -0.900. The number of halogens is 3. The lowest BCUT2D eigenvalue weighted by atomic mass is 10.0. The van der Waals surface area contributed by atoms with Crippen molar-refractivity contribution in [3.8, 4) is 0 Å². The summed E-state index contributed by atoms with van der Waals surface area (Å²) in [6.07, 6.45) is 0.668. The first-order valence-electron chi connectivity index (χ1n) is 6.08. The molecule has 0 saturated heterocycles. The van der Waals surface area contributed by atoms with Gasteiger partial charge in [-0.15, -0.1) is 0 Å². The van der Waals surface area contributed by atoms with E-state index in [0.29, 0.717) is 6.42 Å². The summed E-state index contributed by atoms with van der Waals surface area (Å²) in [7, 11) is 0. The Morgan fingerprint density at radius 3 is 2.32 bits per heavy atom. The molecule has 2 aromatic rings. The van der Waals surface area contributed by atoms with Crippen LogP contribution in [0.3, 0.4) is 0 Å². The third-order valence-corrected chi connectivity index (χ3v) is 2.96. The Balaban J connectivity index is 2.24. The Morgan fingerprint density at radius 1 is 1.00 bits per heavy atom. The van der Waals surface area contributed by atoms with Crippen LogP contribution in [0.2, 0.25) is 0 Å². The van der Waals surface area contributed by atoms with E-state index in [1.54, 1.807) is 12.1 Å². The van der Waals surface area contributed by atoms with Crippen molar-refractivity contribution >= 4 is 5.69 Å². The molecule has 0 fully saturated rings. The molecule has 0 aliphatic rings. The fraction of sp³-hybridized carbons (Fsp3) is 0.200. The smallest absolute Gasteiger partial charge is 0.181 e. The van der Waals surface area contributed by atoms with Gasteiger partial charge in [-0.3, -0.25) is 0 Å². The molecular weight excluding hydrogens is 251 g/mol. The quantitative estimate of drug-likeness (QED) is 0.847. The molecule has 0 radical (unpaired) electrons. The first-order chi connectivity index (χ1) is 9.11. The summed E-state index contributed by atoms with van der Waals surface area (Å²) < 4.78 is 39.6. The van der Waals surface area contributed by atoms with Gasteiger partial charge in [0, 0.05) is 0 Å². The van der Waals surface area contributed by atoms with Crippen LogP contribution in [0.15, 0.2) is 42.5 Å². The minimum Gasteiger partial charge on any atom is -0.376 e. The van der Waals surface area contributed by atoms with Gasteiger partial charge in [-0.1, -0.05) is 25.1 Å². The van der Waals surface area contributed by atoms with E-state index in [-0.39, 0.29) is 17.5 Å². The summed E-state index contributed by atoms with van der Waals surface area (Å²) in [6.45, 7) is 1.91. The SMILES string of the molecule is CCC(Nc1cccc(F)c1F)c1ccc(F)cc1. The molecule has 2 rings (SSSR count). The van der Waals surface area contributed by atoms with Crippen molar-refractivity contribution in [1.29, 1.82) is 0 Å². The van der Waals surface area contributed by atoms with E-state index >= 15 is 0 Å². The zero-order chi connectivity index (χ0) is 13.8. The highest BCUT2D eigenvalue weighted by Crippen LogP contribution is 2.25. The van der Waals surface area contributed by atoms with Crippen molar-refractivity contribution in [2.45, 2.75) is 19.4 Å². The third kappa shape index (κ3) is 3.08. The summed E-state index contributed by atoms with van der Waals surface area (Å²) in [5.74, 6) is -2.11. The predicted octanol–water partition coefficient (Wildman–Crippen LogP) is 4.67. The van der Waals surface area contributed by atoms with Gasteiger partial charge in [0.15, 0.2) is 11.6 Å². The number of hydrogen-bond acceptors (Lipinski definition) is 1. The van der Waals surface area contributed by atoms with E-state index in [9.17, 15) is 13.2 Å². The fourth-order valence-corrected chi connectivity index (χ4v) is 1.92. The number of hydrogen-bond donors (Lipinski definition) is 1. The second-order valence-electron chi connectivity index (χ2n) is 4.26. The molecule has 0 spiro atoms. The maximum atomic E-state index is 13.6. The number of anilines is 1. The number of nitrogens with one attached hydrogen (secondary N) is 1.